The van der Waals surface area contributed by atoms with E-state index in [0.29, 0.717) is 6.54 Å². The number of methoxy groups -OCH3 is 2. The number of thiophene rings is 1. The highest BCUT2D eigenvalue weighted by Gasteiger charge is 2.06. The Morgan fingerprint density at radius 2 is 1.71 bits per heavy atom. The van der Waals surface area contributed by atoms with Crippen LogP contribution in [0.2, 0.25) is 0 Å². The molecule has 0 spiro atoms. The molecule has 0 aliphatic heterocycles. The number of benzene rings is 1. The Morgan fingerprint density at radius 1 is 1.00 bits per heavy atom. The van der Waals surface area contributed by atoms with Crippen LogP contribution in [0.15, 0.2) is 35.3 Å². The summed E-state index contributed by atoms with van der Waals surface area (Å²) >= 11 is 1.83. The van der Waals surface area contributed by atoms with Gasteiger partial charge in [0.05, 0.1) is 20.8 Å². The molecule has 130 valence electrons. The summed E-state index contributed by atoms with van der Waals surface area (Å²) in [6.45, 7) is 3.60. The van der Waals surface area contributed by atoms with Gasteiger partial charge < -0.3 is 20.1 Å². The van der Waals surface area contributed by atoms with Crippen LogP contribution in [-0.4, -0.2) is 27.2 Å². The van der Waals surface area contributed by atoms with E-state index in [1.807, 2.05) is 29.5 Å². The Hall–Kier alpha value is -2.21. The summed E-state index contributed by atoms with van der Waals surface area (Å²) in [5.41, 5.74) is 1.10. The lowest BCUT2D eigenvalue weighted by Gasteiger charge is -2.13. The molecule has 2 N–H and O–H groups in total. The van der Waals surface area contributed by atoms with Crippen molar-refractivity contribution in [3.05, 3.63) is 45.6 Å². The fraction of sp³-hybridized carbons (Fsp3) is 0.389. The minimum Gasteiger partial charge on any atom is -0.493 e. The van der Waals surface area contributed by atoms with Crippen molar-refractivity contribution >= 4 is 17.3 Å². The van der Waals surface area contributed by atoms with Gasteiger partial charge in [0.1, 0.15) is 0 Å². The Bertz CT molecular complexity index is 683. The topological polar surface area (TPSA) is 54.9 Å². The fourth-order valence-corrected chi connectivity index (χ4v) is 3.17. The van der Waals surface area contributed by atoms with Crippen LogP contribution in [0.3, 0.4) is 0 Å². The summed E-state index contributed by atoms with van der Waals surface area (Å²) in [6, 6.07) is 10.2. The van der Waals surface area contributed by atoms with Crippen LogP contribution < -0.4 is 20.1 Å². The highest BCUT2D eigenvalue weighted by Crippen LogP contribution is 2.27. The third kappa shape index (κ3) is 4.89. The summed E-state index contributed by atoms with van der Waals surface area (Å²) < 4.78 is 10.6. The van der Waals surface area contributed by atoms with E-state index in [-0.39, 0.29) is 0 Å². The molecule has 0 saturated heterocycles. The molecule has 6 heteroatoms. The van der Waals surface area contributed by atoms with Gasteiger partial charge in [-0.05, 0) is 36.2 Å². The molecule has 0 unspecified atom stereocenters. The molecule has 1 heterocycles. The van der Waals surface area contributed by atoms with Gasteiger partial charge in [0.2, 0.25) is 0 Å². The Labute approximate surface area is 147 Å². The highest BCUT2D eigenvalue weighted by atomic mass is 32.1. The van der Waals surface area contributed by atoms with Gasteiger partial charge in [-0.15, -0.1) is 11.3 Å². The maximum Gasteiger partial charge on any atom is 0.191 e. The van der Waals surface area contributed by atoms with E-state index in [2.05, 4.69) is 34.7 Å². The maximum absolute atomic E-state index is 5.33. The third-order valence-electron chi connectivity index (χ3n) is 3.63. The summed E-state index contributed by atoms with van der Waals surface area (Å²) in [6.07, 6.45) is 1.08. The van der Waals surface area contributed by atoms with Crippen LogP contribution in [0.25, 0.3) is 0 Å². The molecule has 0 amide bonds. The lowest BCUT2D eigenvalue weighted by molar-refractivity contribution is 0.354. The number of nitrogens with one attached hydrogen (secondary N) is 2. The number of ether oxygens (including phenoxy) is 2. The molecule has 0 atom stereocenters. The van der Waals surface area contributed by atoms with Gasteiger partial charge in [0.15, 0.2) is 17.5 Å². The number of hydrogen-bond acceptors (Lipinski definition) is 4. The van der Waals surface area contributed by atoms with Gasteiger partial charge in [0.25, 0.3) is 0 Å². The lowest BCUT2D eigenvalue weighted by atomic mass is 10.2. The molecule has 1 aromatic heterocycles. The van der Waals surface area contributed by atoms with Crippen molar-refractivity contribution < 1.29 is 9.47 Å². The summed E-state index contributed by atoms with van der Waals surface area (Å²) in [5.74, 6) is 2.23. The zero-order valence-corrected chi connectivity index (χ0v) is 15.5. The third-order valence-corrected chi connectivity index (χ3v) is 4.86. The second-order valence-corrected chi connectivity index (χ2v) is 6.44. The van der Waals surface area contributed by atoms with Gasteiger partial charge in [-0.25, -0.2) is 0 Å². The molecule has 24 heavy (non-hydrogen) atoms. The lowest BCUT2D eigenvalue weighted by Crippen LogP contribution is -2.36. The Kier molecular flexibility index (Phi) is 6.93. The van der Waals surface area contributed by atoms with Crippen molar-refractivity contribution in [3.63, 3.8) is 0 Å². The number of rotatable bonds is 7. The largest absolute Gasteiger partial charge is 0.493 e. The average molecular weight is 347 g/mol. The van der Waals surface area contributed by atoms with E-state index in [0.717, 1.165) is 36.0 Å². The van der Waals surface area contributed by atoms with Gasteiger partial charge in [-0.2, -0.15) is 0 Å². The van der Waals surface area contributed by atoms with Crippen LogP contribution in [-0.2, 0) is 19.5 Å². The Morgan fingerprint density at radius 3 is 2.33 bits per heavy atom. The minimum atomic E-state index is 0.657. The number of aliphatic imine (C=N–C) groups is 1. The van der Waals surface area contributed by atoms with Gasteiger partial charge in [-0.1, -0.05) is 13.0 Å². The number of hydrogen-bond donors (Lipinski definition) is 2. The van der Waals surface area contributed by atoms with Crippen molar-refractivity contribution in [3.8, 4) is 11.5 Å². The van der Waals surface area contributed by atoms with Crippen LogP contribution in [0, 0.1) is 0 Å². The van der Waals surface area contributed by atoms with Crippen LogP contribution in [0.4, 0.5) is 0 Å². The molecule has 0 saturated carbocycles. The maximum atomic E-state index is 5.33. The molecule has 0 bridgehead atoms. The van der Waals surface area contributed by atoms with Crippen LogP contribution in [0.1, 0.15) is 22.2 Å². The van der Waals surface area contributed by atoms with Crippen molar-refractivity contribution in [2.75, 3.05) is 21.3 Å². The second kappa shape index (κ2) is 9.17. The molecule has 2 rings (SSSR count). The number of nitrogens with zero attached hydrogens (tertiary/aromatic N) is 1. The van der Waals surface area contributed by atoms with Crippen LogP contribution >= 0.6 is 11.3 Å². The first-order valence-corrected chi connectivity index (χ1v) is 8.74. The van der Waals surface area contributed by atoms with Crippen molar-refractivity contribution in [1.82, 2.24) is 10.6 Å². The fourth-order valence-electron chi connectivity index (χ4n) is 2.28. The monoisotopic (exact) mass is 347 g/mol. The minimum absolute atomic E-state index is 0.657. The summed E-state index contributed by atoms with van der Waals surface area (Å²) in [4.78, 5) is 6.97. The molecular formula is C18H25N3O2S. The highest BCUT2D eigenvalue weighted by molar-refractivity contribution is 7.11. The van der Waals surface area contributed by atoms with Crippen molar-refractivity contribution in [2.45, 2.75) is 26.4 Å². The zero-order chi connectivity index (χ0) is 17.4. The molecule has 2 aromatic rings. The molecule has 5 nitrogen and oxygen atoms in total. The zero-order valence-electron chi connectivity index (χ0n) is 14.7. The second-order valence-electron chi connectivity index (χ2n) is 5.19. The van der Waals surface area contributed by atoms with E-state index >= 15 is 0 Å². The smallest absolute Gasteiger partial charge is 0.191 e. The first-order chi connectivity index (χ1) is 11.7. The number of aryl methyl sites for hydroxylation is 1. The van der Waals surface area contributed by atoms with Crippen molar-refractivity contribution in [2.24, 2.45) is 4.99 Å². The van der Waals surface area contributed by atoms with Crippen molar-refractivity contribution in [1.29, 1.82) is 0 Å². The first kappa shape index (κ1) is 18.1. The van der Waals surface area contributed by atoms with E-state index in [1.54, 1.807) is 21.3 Å². The molecule has 0 fully saturated rings. The van der Waals surface area contributed by atoms with E-state index in [9.17, 15) is 0 Å². The molecule has 0 radical (unpaired) electrons. The molecule has 0 aliphatic carbocycles. The summed E-state index contributed by atoms with van der Waals surface area (Å²) in [7, 11) is 5.05. The molecule has 0 aliphatic rings. The number of guanidine groups is 1. The molecule has 1 aromatic carbocycles. The normalized spacial score (nSPS) is 11.2. The van der Waals surface area contributed by atoms with E-state index in [4.69, 9.17) is 9.47 Å². The van der Waals surface area contributed by atoms with Gasteiger partial charge >= 0.3 is 0 Å². The van der Waals surface area contributed by atoms with E-state index in [1.165, 1.54) is 9.75 Å². The predicted molar refractivity (Wildman–Crippen MR) is 100 cm³/mol. The van der Waals surface area contributed by atoms with E-state index < -0.39 is 0 Å². The quantitative estimate of drug-likeness (QED) is 0.597. The average Bonchev–Trinajstić information content (AvgIpc) is 3.09. The Balaban J connectivity index is 1.89. The van der Waals surface area contributed by atoms with Gasteiger partial charge in [-0.3, -0.25) is 4.99 Å². The standard InChI is InChI=1S/C18H25N3O2S/c1-5-14-7-8-15(24-14)12-21-18(19-2)20-11-13-6-9-16(22-3)17(10-13)23-4/h6-10H,5,11-12H2,1-4H3,(H2,19,20,21). The summed E-state index contributed by atoms with van der Waals surface area (Å²) in [5, 5.41) is 6.65. The SMILES string of the molecule is CCc1ccc(CNC(=NC)NCc2ccc(OC)c(OC)c2)s1. The van der Waals surface area contributed by atoms with Gasteiger partial charge in [0, 0.05) is 23.3 Å². The first-order valence-electron chi connectivity index (χ1n) is 7.93. The molecular weight excluding hydrogens is 322 g/mol. The predicted octanol–water partition coefficient (Wildman–Crippen LogP) is 3.19. The van der Waals surface area contributed by atoms with Crippen LogP contribution in [0.5, 0.6) is 11.5 Å².